The molecule has 0 bridgehead atoms. The summed E-state index contributed by atoms with van der Waals surface area (Å²) in [6.45, 7) is 13.6. The molecule has 0 amide bonds. The summed E-state index contributed by atoms with van der Waals surface area (Å²) in [6, 6.07) is 0.686. The second kappa shape index (κ2) is 4.38. The highest BCUT2D eigenvalue weighted by Gasteiger charge is 2.44. The van der Waals surface area contributed by atoms with Crippen molar-refractivity contribution in [3.63, 3.8) is 0 Å². The molecule has 0 aliphatic carbocycles. The first-order valence-electron chi connectivity index (χ1n) is 6.34. The van der Waals surface area contributed by atoms with Crippen LogP contribution in [0.25, 0.3) is 0 Å². The van der Waals surface area contributed by atoms with Gasteiger partial charge >= 0.3 is 0 Å². The lowest BCUT2D eigenvalue weighted by atomic mass is 9.72. The van der Waals surface area contributed by atoms with Crippen molar-refractivity contribution in [1.82, 2.24) is 9.80 Å². The first-order valence-corrected chi connectivity index (χ1v) is 6.34. The van der Waals surface area contributed by atoms with Crippen LogP contribution in [0.4, 0.5) is 0 Å². The molecule has 3 heteroatoms. The Hall–Kier alpha value is -0.540. The number of hydrogen-bond donors (Lipinski definition) is 1. The molecule has 0 atom stereocenters. The molecule has 0 radical (unpaired) electrons. The van der Waals surface area contributed by atoms with Crippen LogP contribution in [0.3, 0.4) is 0 Å². The van der Waals surface area contributed by atoms with E-state index in [0.29, 0.717) is 23.8 Å². The van der Waals surface area contributed by atoms with Crippen LogP contribution in [0.15, 0.2) is 12.3 Å². The lowest BCUT2D eigenvalue weighted by Gasteiger charge is -2.54. The summed E-state index contributed by atoms with van der Waals surface area (Å²) in [5, 5.41) is 9.15. The van der Waals surface area contributed by atoms with Gasteiger partial charge in [0.15, 0.2) is 0 Å². The minimum Gasteiger partial charge on any atom is -0.512 e. The summed E-state index contributed by atoms with van der Waals surface area (Å²) < 4.78 is 0. The van der Waals surface area contributed by atoms with Crippen LogP contribution in [0.1, 0.15) is 26.7 Å². The maximum Gasteiger partial charge on any atom is 0.0991 e. The lowest BCUT2D eigenvalue weighted by Crippen LogP contribution is -2.60. The van der Waals surface area contributed by atoms with Gasteiger partial charge in [0.2, 0.25) is 0 Å². The van der Waals surface area contributed by atoms with E-state index in [1.165, 1.54) is 25.9 Å². The molecule has 2 aliphatic heterocycles. The van der Waals surface area contributed by atoms with Gasteiger partial charge in [0.25, 0.3) is 0 Å². The fraction of sp³-hybridized carbons (Fsp3) is 0.846. The van der Waals surface area contributed by atoms with E-state index in [-0.39, 0.29) is 0 Å². The third kappa shape index (κ3) is 2.41. The van der Waals surface area contributed by atoms with Crippen molar-refractivity contribution in [1.29, 1.82) is 0 Å². The first-order chi connectivity index (χ1) is 7.51. The minimum atomic E-state index is 0.300. The monoisotopic (exact) mass is 224 g/mol. The lowest BCUT2D eigenvalue weighted by molar-refractivity contribution is -0.0499. The van der Waals surface area contributed by atoms with E-state index in [0.717, 1.165) is 13.1 Å². The number of aliphatic hydroxyl groups excluding tert-OH is 1. The third-order valence-corrected chi connectivity index (χ3v) is 4.11. The average Bonchev–Trinajstić information content (AvgIpc) is 2.15. The van der Waals surface area contributed by atoms with Crippen molar-refractivity contribution in [2.75, 3.05) is 32.7 Å². The highest BCUT2D eigenvalue weighted by atomic mass is 16.3. The number of piperidine rings is 1. The molecule has 2 saturated heterocycles. The molecule has 2 fully saturated rings. The molecule has 2 aliphatic rings. The van der Waals surface area contributed by atoms with Crippen LogP contribution in [0, 0.1) is 5.41 Å². The molecule has 0 unspecified atom stereocenters. The quantitative estimate of drug-likeness (QED) is 0.741. The van der Waals surface area contributed by atoms with Gasteiger partial charge in [-0.05, 0) is 45.2 Å². The summed E-state index contributed by atoms with van der Waals surface area (Å²) in [5.74, 6) is 0.300. The van der Waals surface area contributed by atoms with Crippen LogP contribution in [0.5, 0.6) is 0 Å². The molecule has 0 aromatic rings. The van der Waals surface area contributed by atoms with Gasteiger partial charge in [-0.3, -0.25) is 4.90 Å². The Morgan fingerprint density at radius 3 is 2.31 bits per heavy atom. The fourth-order valence-electron chi connectivity index (χ4n) is 3.10. The smallest absolute Gasteiger partial charge is 0.0991 e. The van der Waals surface area contributed by atoms with E-state index >= 15 is 0 Å². The molecule has 0 aromatic heterocycles. The first kappa shape index (κ1) is 11.9. The van der Waals surface area contributed by atoms with Crippen LogP contribution < -0.4 is 0 Å². The molecule has 1 N–H and O–H groups in total. The molecule has 2 rings (SSSR count). The number of nitrogens with zero attached hydrogens (tertiary/aromatic N) is 2. The average molecular weight is 224 g/mol. The number of aliphatic hydroxyl groups is 1. The maximum absolute atomic E-state index is 9.15. The SMILES string of the molecule is C=C(O)CN1CC2(CCN(C(C)C)CC2)C1. The van der Waals surface area contributed by atoms with Gasteiger partial charge in [0.05, 0.1) is 12.3 Å². The molecular formula is C13H24N2O. The molecule has 3 nitrogen and oxygen atoms in total. The highest BCUT2D eigenvalue weighted by Crippen LogP contribution is 2.40. The van der Waals surface area contributed by atoms with Gasteiger partial charge in [-0.25, -0.2) is 0 Å². The van der Waals surface area contributed by atoms with Crippen LogP contribution in [-0.2, 0) is 0 Å². The number of rotatable bonds is 3. The Balaban J connectivity index is 1.76. The zero-order valence-corrected chi connectivity index (χ0v) is 10.6. The van der Waals surface area contributed by atoms with E-state index in [1.54, 1.807) is 0 Å². The fourth-order valence-corrected chi connectivity index (χ4v) is 3.10. The van der Waals surface area contributed by atoms with E-state index in [9.17, 15) is 0 Å². The number of hydrogen-bond acceptors (Lipinski definition) is 3. The van der Waals surface area contributed by atoms with E-state index in [1.807, 2.05) is 0 Å². The van der Waals surface area contributed by atoms with Gasteiger partial charge in [0, 0.05) is 19.1 Å². The molecule has 92 valence electrons. The summed E-state index contributed by atoms with van der Waals surface area (Å²) in [6.07, 6.45) is 2.64. The second-order valence-electron chi connectivity index (χ2n) is 5.84. The largest absolute Gasteiger partial charge is 0.512 e. The summed E-state index contributed by atoms with van der Waals surface area (Å²) in [5.41, 5.74) is 0.556. The predicted molar refractivity (Wildman–Crippen MR) is 66.6 cm³/mol. The Bertz CT molecular complexity index is 259. The Kier molecular flexibility index (Phi) is 3.27. The zero-order chi connectivity index (χ0) is 11.8. The van der Waals surface area contributed by atoms with Gasteiger partial charge in [-0.15, -0.1) is 0 Å². The van der Waals surface area contributed by atoms with Crippen molar-refractivity contribution < 1.29 is 5.11 Å². The molecule has 0 saturated carbocycles. The molecule has 0 aromatic carbocycles. The Morgan fingerprint density at radius 1 is 1.31 bits per heavy atom. The molecule has 2 heterocycles. The molecule has 16 heavy (non-hydrogen) atoms. The van der Waals surface area contributed by atoms with Crippen molar-refractivity contribution in [2.24, 2.45) is 5.41 Å². The van der Waals surface area contributed by atoms with E-state index < -0.39 is 0 Å². The molecular weight excluding hydrogens is 200 g/mol. The van der Waals surface area contributed by atoms with Gasteiger partial charge in [-0.2, -0.15) is 0 Å². The van der Waals surface area contributed by atoms with E-state index in [4.69, 9.17) is 5.11 Å². The number of likely N-dealkylation sites (tertiary alicyclic amines) is 2. The van der Waals surface area contributed by atoms with Crippen LogP contribution in [0.2, 0.25) is 0 Å². The predicted octanol–water partition coefficient (Wildman–Crippen LogP) is 1.86. The van der Waals surface area contributed by atoms with Crippen molar-refractivity contribution in [3.05, 3.63) is 12.3 Å². The van der Waals surface area contributed by atoms with Crippen LogP contribution in [-0.4, -0.2) is 53.7 Å². The van der Waals surface area contributed by atoms with Gasteiger partial charge in [-0.1, -0.05) is 6.58 Å². The summed E-state index contributed by atoms with van der Waals surface area (Å²) >= 11 is 0. The second-order valence-corrected chi connectivity index (χ2v) is 5.84. The maximum atomic E-state index is 9.15. The highest BCUT2D eigenvalue weighted by molar-refractivity contribution is 5.01. The zero-order valence-electron chi connectivity index (χ0n) is 10.6. The third-order valence-electron chi connectivity index (χ3n) is 4.11. The van der Waals surface area contributed by atoms with Crippen molar-refractivity contribution in [2.45, 2.75) is 32.7 Å². The standard InChI is InChI=1S/C13H24N2O/c1-11(2)15-6-4-13(5-7-15)9-14(10-13)8-12(3)16/h11,16H,3-10H2,1-2H3. The Labute approximate surface area is 98.7 Å². The minimum absolute atomic E-state index is 0.300. The van der Waals surface area contributed by atoms with Crippen LogP contribution >= 0.6 is 0 Å². The van der Waals surface area contributed by atoms with Crippen molar-refractivity contribution >= 4 is 0 Å². The molecule has 1 spiro atoms. The van der Waals surface area contributed by atoms with Crippen molar-refractivity contribution in [3.8, 4) is 0 Å². The summed E-state index contributed by atoms with van der Waals surface area (Å²) in [4.78, 5) is 4.87. The summed E-state index contributed by atoms with van der Waals surface area (Å²) in [7, 11) is 0. The van der Waals surface area contributed by atoms with Gasteiger partial charge in [0.1, 0.15) is 0 Å². The van der Waals surface area contributed by atoms with Gasteiger partial charge < -0.3 is 10.0 Å². The topological polar surface area (TPSA) is 26.7 Å². The van der Waals surface area contributed by atoms with E-state index in [2.05, 4.69) is 30.2 Å². The Morgan fingerprint density at radius 2 is 1.88 bits per heavy atom. The normalized spacial score (nSPS) is 25.9.